The molecule has 0 saturated heterocycles. The van der Waals surface area contributed by atoms with Gasteiger partial charge in [-0.2, -0.15) is 0 Å². The van der Waals surface area contributed by atoms with Gasteiger partial charge in [0.2, 0.25) is 0 Å². The molecule has 0 bridgehead atoms. The molecule has 0 radical (unpaired) electrons. The molecule has 2 heteroatoms. The molecule has 2 rings (SSSR count). The minimum atomic E-state index is -0.198. The summed E-state index contributed by atoms with van der Waals surface area (Å²) in [5.74, 6) is 0. The van der Waals surface area contributed by atoms with Crippen LogP contribution in [0.4, 0.5) is 0 Å². The van der Waals surface area contributed by atoms with Gasteiger partial charge in [-0.1, -0.05) is 0 Å². The first-order chi connectivity index (χ1) is 9.42. The van der Waals surface area contributed by atoms with Crippen LogP contribution in [0.1, 0.15) is 19.3 Å². The molecule has 0 amide bonds. The van der Waals surface area contributed by atoms with E-state index in [-0.39, 0.29) is 7.92 Å². The third-order valence-corrected chi connectivity index (χ3v) is 6.08. The molecule has 103 valence electrons. The molecule has 2 aromatic rings. The maximum atomic E-state index is 4.75. The van der Waals surface area contributed by atoms with E-state index in [2.05, 4.69) is 60.7 Å². The molecule has 0 atom stereocenters. The summed E-state index contributed by atoms with van der Waals surface area (Å²) in [6.45, 7) is 0. The maximum absolute atomic E-state index is 4.75. The van der Waals surface area contributed by atoms with E-state index >= 15 is 0 Å². The quantitative estimate of drug-likeness (QED) is 0.407. The van der Waals surface area contributed by atoms with Gasteiger partial charge in [0.05, 0.1) is 0 Å². The van der Waals surface area contributed by atoms with E-state index in [0.29, 0.717) is 0 Å². The van der Waals surface area contributed by atoms with Crippen molar-refractivity contribution in [1.29, 1.82) is 0 Å². The Balaban J connectivity index is 2.10. The van der Waals surface area contributed by atoms with Gasteiger partial charge in [0, 0.05) is 0 Å². The Bertz CT molecular complexity index is 416. The Kier molecular flexibility index (Phi) is 6.62. The van der Waals surface area contributed by atoms with Crippen molar-refractivity contribution in [2.45, 2.75) is 24.7 Å². The van der Waals surface area contributed by atoms with Crippen LogP contribution in [0.5, 0.6) is 0 Å². The summed E-state index contributed by atoms with van der Waals surface area (Å²) in [6.07, 6.45) is 5.05. The zero-order valence-electron chi connectivity index (χ0n) is 11.1. The standard InChI is InChI=1S/C17H20P.Ni/c1-2-3-10-15-18(16-11-6-4-7-12-16)17-13-8-5-9-14-17;/h4-9,11-14H,1-3,10,15H2;. The molecular formula is C17H20NiP. The number of hydrogen-bond donors (Lipinski definition) is 0. The fraction of sp³-hybridized carbons (Fsp3) is 0.294. The first-order valence-electron chi connectivity index (χ1n) is 6.81. The average Bonchev–Trinajstić information content (AvgIpc) is 2.49. The normalized spacial score (nSPS) is 10.9. The summed E-state index contributed by atoms with van der Waals surface area (Å²) in [5.41, 5.74) is 0. The molecule has 0 spiro atoms. The molecule has 0 saturated carbocycles. The predicted molar refractivity (Wildman–Crippen MR) is 82.6 cm³/mol. The molecule has 0 aromatic heterocycles. The van der Waals surface area contributed by atoms with E-state index in [0.717, 1.165) is 5.39 Å². The van der Waals surface area contributed by atoms with Gasteiger partial charge < -0.3 is 0 Å². The second kappa shape index (κ2) is 8.52. The van der Waals surface area contributed by atoms with Crippen LogP contribution in [0, 0.1) is 0 Å². The summed E-state index contributed by atoms with van der Waals surface area (Å²) in [4.78, 5) is 0. The fourth-order valence-electron chi connectivity index (χ4n) is 2.15. The monoisotopic (exact) mass is 313 g/mol. The summed E-state index contributed by atoms with van der Waals surface area (Å²) in [5, 5.41) is 3.92. The Hall–Kier alpha value is -0.636. The van der Waals surface area contributed by atoms with Crippen molar-refractivity contribution < 1.29 is 15.5 Å². The van der Waals surface area contributed by atoms with E-state index in [1.165, 1.54) is 36.0 Å². The Labute approximate surface area is 125 Å². The Morgan fingerprint density at radius 3 is 1.68 bits per heavy atom. The Morgan fingerprint density at radius 1 is 0.684 bits per heavy atom. The zero-order chi connectivity index (χ0) is 13.3. The predicted octanol–water partition coefficient (Wildman–Crippen LogP) is 4.25. The van der Waals surface area contributed by atoms with Crippen LogP contribution < -0.4 is 10.6 Å². The zero-order valence-corrected chi connectivity index (χ0v) is 13.0. The number of unbranched alkanes of at least 4 members (excludes halogenated alkanes) is 2. The van der Waals surface area contributed by atoms with E-state index < -0.39 is 0 Å². The van der Waals surface area contributed by atoms with Gasteiger partial charge in [0.1, 0.15) is 0 Å². The van der Waals surface area contributed by atoms with E-state index in [4.69, 9.17) is 15.5 Å². The number of benzene rings is 2. The molecule has 0 nitrogen and oxygen atoms in total. The first-order valence-corrected chi connectivity index (χ1v) is 9.03. The van der Waals surface area contributed by atoms with Gasteiger partial charge in [0.15, 0.2) is 0 Å². The van der Waals surface area contributed by atoms with Gasteiger partial charge in [-0.05, 0) is 0 Å². The van der Waals surface area contributed by atoms with Crippen molar-refractivity contribution >= 4 is 18.5 Å². The van der Waals surface area contributed by atoms with Crippen LogP contribution in [-0.4, -0.2) is 6.16 Å². The van der Waals surface area contributed by atoms with E-state index in [1.54, 1.807) is 0 Å². The van der Waals surface area contributed by atoms with Gasteiger partial charge in [0.25, 0.3) is 0 Å². The van der Waals surface area contributed by atoms with Crippen LogP contribution in [0.15, 0.2) is 60.7 Å². The van der Waals surface area contributed by atoms with Crippen LogP contribution in [0.25, 0.3) is 0 Å². The van der Waals surface area contributed by atoms with Gasteiger partial charge in [-0.15, -0.1) is 0 Å². The van der Waals surface area contributed by atoms with Crippen LogP contribution in [0.3, 0.4) is 0 Å². The summed E-state index contributed by atoms with van der Waals surface area (Å²) in [6, 6.07) is 21.9. The molecule has 0 N–H and O–H groups in total. The summed E-state index contributed by atoms with van der Waals surface area (Å²) >= 11 is 4.75. The topological polar surface area (TPSA) is 0 Å². The van der Waals surface area contributed by atoms with E-state index in [1.807, 2.05) is 0 Å². The van der Waals surface area contributed by atoms with Crippen LogP contribution >= 0.6 is 7.92 Å². The second-order valence-corrected chi connectivity index (χ2v) is 7.37. The van der Waals surface area contributed by atoms with Gasteiger partial charge in [-0.25, -0.2) is 0 Å². The van der Waals surface area contributed by atoms with Crippen molar-refractivity contribution in [3.05, 3.63) is 60.7 Å². The average molecular weight is 314 g/mol. The van der Waals surface area contributed by atoms with Crippen molar-refractivity contribution in [1.82, 2.24) is 0 Å². The van der Waals surface area contributed by atoms with Gasteiger partial charge in [-0.3, -0.25) is 0 Å². The molecule has 0 aliphatic rings. The summed E-state index contributed by atoms with van der Waals surface area (Å²) in [7, 11) is -0.198. The SMILES string of the molecule is [Ni][CH2]CCCCP(c1ccccc1)c1ccccc1. The van der Waals surface area contributed by atoms with Crippen LogP contribution in [-0.2, 0) is 15.5 Å². The molecule has 0 fully saturated rings. The minimum absolute atomic E-state index is 0.198. The third-order valence-electron chi connectivity index (χ3n) is 3.13. The van der Waals surface area contributed by atoms with Crippen LogP contribution in [0.2, 0.25) is 5.39 Å². The van der Waals surface area contributed by atoms with Crippen molar-refractivity contribution in [2.75, 3.05) is 6.16 Å². The molecule has 0 heterocycles. The fourth-order valence-corrected chi connectivity index (χ4v) is 4.81. The van der Waals surface area contributed by atoms with E-state index in [9.17, 15) is 0 Å². The van der Waals surface area contributed by atoms with Crippen molar-refractivity contribution in [3.63, 3.8) is 0 Å². The molecule has 0 aliphatic heterocycles. The molecule has 2 aromatic carbocycles. The number of hydrogen-bond acceptors (Lipinski definition) is 0. The third kappa shape index (κ3) is 4.75. The molecule has 19 heavy (non-hydrogen) atoms. The molecule has 0 aliphatic carbocycles. The first kappa shape index (κ1) is 14.8. The second-order valence-electron chi connectivity index (χ2n) is 4.54. The number of rotatable bonds is 7. The summed E-state index contributed by atoms with van der Waals surface area (Å²) < 4.78 is 0. The van der Waals surface area contributed by atoms with Crippen molar-refractivity contribution in [3.8, 4) is 0 Å². The molecular weight excluding hydrogens is 294 g/mol. The van der Waals surface area contributed by atoms with Crippen molar-refractivity contribution in [2.24, 2.45) is 0 Å². The van der Waals surface area contributed by atoms with Gasteiger partial charge >= 0.3 is 125 Å². The molecule has 0 unspecified atom stereocenters. The Morgan fingerprint density at radius 2 is 1.21 bits per heavy atom.